The molecule has 1 aromatic rings. The van der Waals surface area contributed by atoms with E-state index >= 15 is 0 Å². The highest BCUT2D eigenvalue weighted by molar-refractivity contribution is 5.96. The number of benzene rings is 1. The van der Waals surface area contributed by atoms with Gasteiger partial charge in [-0.15, -0.1) is 0 Å². The van der Waals surface area contributed by atoms with Crippen molar-refractivity contribution in [3.8, 4) is 0 Å². The van der Waals surface area contributed by atoms with E-state index in [1.807, 2.05) is 13.8 Å². The topological polar surface area (TPSA) is 66.4 Å². The van der Waals surface area contributed by atoms with Crippen LogP contribution < -0.4 is 5.32 Å². The summed E-state index contributed by atoms with van der Waals surface area (Å²) in [4.78, 5) is 23.0. The molecule has 0 spiro atoms. The summed E-state index contributed by atoms with van der Waals surface area (Å²) in [6.07, 6.45) is 2.09. The Labute approximate surface area is 113 Å². The van der Waals surface area contributed by atoms with E-state index in [-0.39, 0.29) is 11.8 Å². The molecule has 0 aliphatic carbocycles. The first-order chi connectivity index (χ1) is 8.93. The molecule has 0 aliphatic rings. The van der Waals surface area contributed by atoms with Crippen LogP contribution in [0.15, 0.2) is 30.8 Å². The van der Waals surface area contributed by atoms with E-state index in [9.17, 15) is 9.59 Å². The number of carbonyl (C=O) groups is 2. The van der Waals surface area contributed by atoms with Crippen LogP contribution >= 0.6 is 0 Å². The van der Waals surface area contributed by atoms with Crippen LogP contribution in [0.1, 0.15) is 36.2 Å². The zero-order valence-electron chi connectivity index (χ0n) is 11.2. The van der Waals surface area contributed by atoms with E-state index in [2.05, 4.69) is 11.9 Å². The van der Waals surface area contributed by atoms with Gasteiger partial charge in [-0.25, -0.2) is 4.79 Å². The van der Waals surface area contributed by atoms with E-state index in [1.165, 1.54) is 0 Å². The zero-order valence-corrected chi connectivity index (χ0v) is 11.2. The highest BCUT2D eigenvalue weighted by Gasteiger charge is 2.21. The molecule has 1 atom stereocenters. The van der Waals surface area contributed by atoms with Crippen LogP contribution in [0.4, 0.5) is 0 Å². The molecule has 0 saturated heterocycles. The number of rotatable bonds is 6. The summed E-state index contributed by atoms with van der Waals surface area (Å²) in [7, 11) is 0. The van der Waals surface area contributed by atoms with Gasteiger partial charge in [0.15, 0.2) is 0 Å². The Balaban J connectivity index is 2.75. The molecule has 1 aromatic carbocycles. The molecule has 19 heavy (non-hydrogen) atoms. The molecule has 0 radical (unpaired) electrons. The van der Waals surface area contributed by atoms with Crippen molar-refractivity contribution in [2.75, 3.05) is 0 Å². The van der Waals surface area contributed by atoms with Gasteiger partial charge < -0.3 is 10.4 Å². The number of hydrogen-bond donors (Lipinski definition) is 2. The maximum absolute atomic E-state index is 11.9. The highest BCUT2D eigenvalue weighted by Crippen LogP contribution is 2.08. The van der Waals surface area contributed by atoms with Crippen molar-refractivity contribution in [3.63, 3.8) is 0 Å². The SMILES string of the molecule is C=Cc1ccc(C(=O)N[C@@H](CC(C)C)C(=O)O)cc1. The van der Waals surface area contributed by atoms with Crippen molar-refractivity contribution in [1.29, 1.82) is 0 Å². The van der Waals surface area contributed by atoms with Crippen molar-refractivity contribution in [3.05, 3.63) is 42.0 Å². The highest BCUT2D eigenvalue weighted by atomic mass is 16.4. The minimum Gasteiger partial charge on any atom is -0.480 e. The monoisotopic (exact) mass is 261 g/mol. The zero-order chi connectivity index (χ0) is 14.4. The van der Waals surface area contributed by atoms with Gasteiger partial charge >= 0.3 is 5.97 Å². The van der Waals surface area contributed by atoms with Crippen LogP contribution in [0.3, 0.4) is 0 Å². The van der Waals surface area contributed by atoms with Gasteiger partial charge in [0, 0.05) is 5.56 Å². The standard InChI is InChI=1S/C15H19NO3/c1-4-11-5-7-12(8-6-11)14(17)16-13(15(18)19)9-10(2)3/h4-8,10,13H,1,9H2,2-3H3,(H,16,17)(H,18,19)/t13-/m0/s1. The van der Waals surface area contributed by atoms with Gasteiger partial charge in [-0.3, -0.25) is 4.79 Å². The van der Waals surface area contributed by atoms with Crippen LogP contribution in [0.5, 0.6) is 0 Å². The van der Waals surface area contributed by atoms with Crippen LogP contribution in [0.25, 0.3) is 6.08 Å². The fourth-order valence-corrected chi connectivity index (χ4v) is 1.71. The Bertz CT molecular complexity index is 463. The quantitative estimate of drug-likeness (QED) is 0.827. The molecule has 2 N–H and O–H groups in total. The number of hydrogen-bond acceptors (Lipinski definition) is 2. The normalized spacial score (nSPS) is 11.9. The number of carbonyl (C=O) groups excluding carboxylic acids is 1. The third kappa shape index (κ3) is 4.58. The van der Waals surface area contributed by atoms with Gasteiger partial charge in [0.2, 0.25) is 0 Å². The minimum atomic E-state index is -1.01. The second-order valence-electron chi connectivity index (χ2n) is 4.82. The van der Waals surface area contributed by atoms with Crippen molar-refractivity contribution in [2.45, 2.75) is 26.3 Å². The van der Waals surface area contributed by atoms with Gasteiger partial charge in [0.25, 0.3) is 5.91 Å². The Kier molecular flexibility index (Phi) is 5.30. The lowest BCUT2D eigenvalue weighted by Crippen LogP contribution is -2.41. The number of nitrogens with one attached hydrogen (secondary N) is 1. The van der Waals surface area contributed by atoms with E-state index in [4.69, 9.17) is 5.11 Å². The summed E-state index contributed by atoms with van der Waals surface area (Å²) >= 11 is 0. The van der Waals surface area contributed by atoms with Crippen LogP contribution in [-0.2, 0) is 4.79 Å². The summed E-state index contributed by atoms with van der Waals surface area (Å²) in [6, 6.07) is 5.98. The number of aliphatic carboxylic acids is 1. The maximum Gasteiger partial charge on any atom is 0.326 e. The molecule has 1 rings (SSSR count). The Morgan fingerprint density at radius 3 is 2.32 bits per heavy atom. The van der Waals surface area contributed by atoms with Crippen molar-refractivity contribution < 1.29 is 14.7 Å². The summed E-state index contributed by atoms with van der Waals surface area (Å²) in [5.74, 6) is -1.18. The molecule has 1 amide bonds. The van der Waals surface area contributed by atoms with Gasteiger partial charge in [0.05, 0.1) is 0 Å². The number of carboxylic acid groups (broad SMARTS) is 1. The van der Waals surface area contributed by atoms with E-state index in [1.54, 1.807) is 30.3 Å². The molecule has 0 fully saturated rings. The lowest BCUT2D eigenvalue weighted by molar-refractivity contribution is -0.139. The second-order valence-corrected chi connectivity index (χ2v) is 4.82. The van der Waals surface area contributed by atoms with Crippen molar-refractivity contribution in [2.24, 2.45) is 5.92 Å². The predicted molar refractivity (Wildman–Crippen MR) is 74.9 cm³/mol. The third-order valence-corrected chi connectivity index (χ3v) is 2.72. The molecule has 0 aromatic heterocycles. The summed E-state index contributed by atoms with van der Waals surface area (Å²) < 4.78 is 0. The summed E-state index contributed by atoms with van der Waals surface area (Å²) in [5.41, 5.74) is 1.36. The van der Waals surface area contributed by atoms with Crippen LogP contribution in [0, 0.1) is 5.92 Å². The Hall–Kier alpha value is -2.10. The molecule has 0 saturated carbocycles. The predicted octanol–water partition coefficient (Wildman–Crippen LogP) is 2.56. The maximum atomic E-state index is 11.9. The molecule has 0 unspecified atom stereocenters. The van der Waals surface area contributed by atoms with Gasteiger partial charge in [-0.05, 0) is 30.0 Å². The molecule has 0 aliphatic heterocycles. The fraction of sp³-hybridized carbons (Fsp3) is 0.333. The Morgan fingerprint density at radius 2 is 1.89 bits per heavy atom. The first-order valence-corrected chi connectivity index (χ1v) is 6.20. The van der Waals surface area contributed by atoms with Gasteiger partial charge in [-0.1, -0.05) is 38.6 Å². The van der Waals surface area contributed by atoms with Crippen LogP contribution in [0.2, 0.25) is 0 Å². The average molecular weight is 261 g/mol. The molecule has 4 nitrogen and oxygen atoms in total. The largest absolute Gasteiger partial charge is 0.480 e. The van der Waals surface area contributed by atoms with Crippen molar-refractivity contribution in [1.82, 2.24) is 5.32 Å². The van der Waals surface area contributed by atoms with E-state index in [0.717, 1.165) is 5.56 Å². The first-order valence-electron chi connectivity index (χ1n) is 6.20. The number of amides is 1. The molecule has 0 heterocycles. The second kappa shape index (κ2) is 6.73. The molecule has 4 heteroatoms. The summed E-state index contributed by atoms with van der Waals surface area (Å²) in [5, 5.41) is 11.6. The lowest BCUT2D eigenvalue weighted by Gasteiger charge is -2.16. The molecular formula is C15H19NO3. The van der Waals surface area contributed by atoms with Gasteiger partial charge in [-0.2, -0.15) is 0 Å². The minimum absolute atomic E-state index is 0.199. The third-order valence-electron chi connectivity index (χ3n) is 2.72. The molecule has 102 valence electrons. The number of carboxylic acids is 1. The van der Waals surface area contributed by atoms with Crippen LogP contribution in [-0.4, -0.2) is 23.0 Å². The first kappa shape index (κ1) is 15.0. The van der Waals surface area contributed by atoms with Gasteiger partial charge in [0.1, 0.15) is 6.04 Å². The average Bonchev–Trinajstić information content (AvgIpc) is 2.37. The van der Waals surface area contributed by atoms with E-state index in [0.29, 0.717) is 12.0 Å². The molecular weight excluding hydrogens is 242 g/mol. The lowest BCUT2D eigenvalue weighted by atomic mass is 10.0. The fourth-order valence-electron chi connectivity index (χ4n) is 1.71. The van der Waals surface area contributed by atoms with E-state index < -0.39 is 12.0 Å². The Morgan fingerprint density at radius 1 is 1.32 bits per heavy atom. The van der Waals surface area contributed by atoms with Crippen molar-refractivity contribution >= 4 is 18.0 Å². The molecule has 0 bridgehead atoms. The smallest absolute Gasteiger partial charge is 0.326 e. The summed E-state index contributed by atoms with van der Waals surface area (Å²) in [6.45, 7) is 7.47.